The van der Waals surface area contributed by atoms with Crippen LogP contribution in [0.5, 0.6) is 0 Å². The molecule has 2 unspecified atom stereocenters. The molecule has 1 saturated carbocycles. The van der Waals surface area contributed by atoms with Crippen molar-refractivity contribution in [3.8, 4) is 0 Å². The molecule has 1 fully saturated rings. The maximum Gasteiger partial charge on any atom is 0.0303 e. The van der Waals surface area contributed by atoms with Gasteiger partial charge in [-0.3, -0.25) is 0 Å². The Morgan fingerprint density at radius 3 is 2.41 bits per heavy atom. The number of hydrogen-bond donors (Lipinski definition) is 3. The molecule has 0 saturated heterocycles. The summed E-state index contributed by atoms with van der Waals surface area (Å²) in [5.74, 6) is 1.93. The van der Waals surface area contributed by atoms with Gasteiger partial charge in [-0.05, 0) is 45.6 Å². The van der Waals surface area contributed by atoms with Crippen molar-refractivity contribution in [1.29, 1.82) is 0 Å². The van der Waals surface area contributed by atoms with Gasteiger partial charge in [-0.1, -0.05) is 19.1 Å². The van der Waals surface area contributed by atoms with Crippen molar-refractivity contribution in [2.45, 2.75) is 39.7 Å². The molecule has 0 aliphatic heterocycles. The number of likely N-dealkylation sites (N-methyl/N-ethyl adjacent to an activating group) is 1. The molecule has 0 aromatic rings. The van der Waals surface area contributed by atoms with E-state index in [-0.39, 0.29) is 0 Å². The standard InChI is InChI=1S/C14H27N3/c1-5-6-11(17-4)8-13(12-7-9(12)2)14(16)10(3)15/h5-6,9,11-13,17H,7-8,15-16H2,1-4H3/b6-5-,14-10-/t9-,11?,12?,13+/m1/s1. The van der Waals surface area contributed by atoms with Gasteiger partial charge < -0.3 is 16.8 Å². The Labute approximate surface area is 105 Å². The minimum atomic E-state index is 0.385. The number of allylic oxidation sites excluding steroid dienone is 3. The SMILES string of the molecule is C/C=C\C(C[C@H](/C(N)=C(\C)N)C1C[C@H]1C)NC. The van der Waals surface area contributed by atoms with Crippen molar-refractivity contribution in [3.63, 3.8) is 0 Å². The molecule has 0 amide bonds. The zero-order valence-corrected chi connectivity index (χ0v) is 11.5. The predicted molar refractivity (Wildman–Crippen MR) is 74.1 cm³/mol. The highest BCUT2D eigenvalue weighted by Gasteiger charge is 2.41. The van der Waals surface area contributed by atoms with Crippen molar-refractivity contribution in [3.05, 3.63) is 23.5 Å². The minimum absolute atomic E-state index is 0.385. The van der Waals surface area contributed by atoms with Gasteiger partial charge in [0, 0.05) is 23.4 Å². The van der Waals surface area contributed by atoms with E-state index in [2.05, 4.69) is 24.4 Å². The van der Waals surface area contributed by atoms with E-state index in [1.807, 2.05) is 20.9 Å². The molecular weight excluding hydrogens is 210 g/mol. The molecule has 3 nitrogen and oxygen atoms in total. The highest BCUT2D eigenvalue weighted by molar-refractivity contribution is 5.14. The average molecular weight is 237 g/mol. The van der Waals surface area contributed by atoms with Crippen molar-refractivity contribution < 1.29 is 0 Å². The Balaban J connectivity index is 2.74. The van der Waals surface area contributed by atoms with Gasteiger partial charge in [0.15, 0.2) is 0 Å². The van der Waals surface area contributed by atoms with Crippen molar-refractivity contribution in [2.24, 2.45) is 29.2 Å². The first-order valence-electron chi connectivity index (χ1n) is 6.53. The van der Waals surface area contributed by atoms with Crippen LogP contribution in [0.1, 0.15) is 33.6 Å². The molecule has 17 heavy (non-hydrogen) atoms. The molecule has 0 aromatic heterocycles. The zero-order valence-electron chi connectivity index (χ0n) is 11.5. The van der Waals surface area contributed by atoms with Crippen LogP contribution in [0.3, 0.4) is 0 Å². The van der Waals surface area contributed by atoms with Crippen molar-refractivity contribution >= 4 is 0 Å². The first kappa shape index (κ1) is 14.1. The second kappa shape index (κ2) is 6.10. The number of nitrogens with two attached hydrogens (primary N) is 2. The first-order chi connectivity index (χ1) is 8.01. The molecule has 98 valence electrons. The van der Waals surface area contributed by atoms with Crippen LogP contribution in [0, 0.1) is 17.8 Å². The molecule has 0 bridgehead atoms. The average Bonchev–Trinajstić information content (AvgIpc) is 3.00. The van der Waals surface area contributed by atoms with Gasteiger partial charge in [0.05, 0.1) is 0 Å². The summed E-state index contributed by atoms with van der Waals surface area (Å²) in [7, 11) is 1.99. The van der Waals surface area contributed by atoms with Gasteiger partial charge in [-0.25, -0.2) is 0 Å². The Morgan fingerprint density at radius 1 is 1.47 bits per heavy atom. The summed E-state index contributed by atoms with van der Waals surface area (Å²) in [6.07, 6.45) is 6.60. The second-order valence-corrected chi connectivity index (χ2v) is 5.28. The zero-order chi connectivity index (χ0) is 13.0. The van der Waals surface area contributed by atoms with E-state index in [0.29, 0.717) is 12.0 Å². The number of nitrogens with one attached hydrogen (secondary N) is 1. The number of rotatable bonds is 6. The van der Waals surface area contributed by atoms with E-state index in [4.69, 9.17) is 11.5 Å². The maximum atomic E-state index is 6.17. The van der Waals surface area contributed by atoms with E-state index in [1.54, 1.807) is 0 Å². The summed E-state index contributed by atoms with van der Waals surface area (Å²) in [5.41, 5.74) is 13.7. The summed E-state index contributed by atoms with van der Waals surface area (Å²) in [6.45, 7) is 6.24. The predicted octanol–water partition coefficient (Wildman–Crippen LogP) is 1.96. The molecule has 0 spiro atoms. The fourth-order valence-electron chi connectivity index (χ4n) is 2.53. The molecule has 0 heterocycles. The van der Waals surface area contributed by atoms with Gasteiger partial charge in [0.1, 0.15) is 0 Å². The van der Waals surface area contributed by atoms with Crippen LogP contribution in [0.4, 0.5) is 0 Å². The van der Waals surface area contributed by atoms with Gasteiger partial charge in [0.25, 0.3) is 0 Å². The summed E-state index contributed by atoms with van der Waals surface area (Å²) in [4.78, 5) is 0. The summed E-state index contributed by atoms with van der Waals surface area (Å²) < 4.78 is 0. The monoisotopic (exact) mass is 237 g/mol. The van der Waals surface area contributed by atoms with E-state index in [1.165, 1.54) is 6.42 Å². The fraction of sp³-hybridized carbons (Fsp3) is 0.714. The van der Waals surface area contributed by atoms with Gasteiger partial charge in [-0.15, -0.1) is 0 Å². The van der Waals surface area contributed by atoms with Gasteiger partial charge in [0.2, 0.25) is 0 Å². The third-order valence-corrected chi connectivity index (χ3v) is 3.85. The maximum absolute atomic E-state index is 6.17. The lowest BCUT2D eigenvalue weighted by molar-refractivity contribution is 0.421. The summed E-state index contributed by atoms with van der Waals surface area (Å²) >= 11 is 0. The highest BCUT2D eigenvalue weighted by Crippen LogP contribution is 2.47. The fourth-order valence-corrected chi connectivity index (χ4v) is 2.53. The lowest BCUT2D eigenvalue weighted by atomic mass is 9.90. The van der Waals surface area contributed by atoms with Crippen LogP contribution < -0.4 is 16.8 Å². The summed E-state index contributed by atoms with van der Waals surface area (Å²) in [6, 6.07) is 0.385. The van der Waals surface area contributed by atoms with Gasteiger partial charge in [-0.2, -0.15) is 0 Å². The van der Waals surface area contributed by atoms with Crippen LogP contribution in [-0.2, 0) is 0 Å². The van der Waals surface area contributed by atoms with E-state index in [9.17, 15) is 0 Å². The Bertz CT molecular complexity index is 303. The van der Waals surface area contributed by atoms with Crippen LogP contribution in [-0.4, -0.2) is 13.1 Å². The first-order valence-corrected chi connectivity index (χ1v) is 6.53. The Kier molecular flexibility index (Phi) is 5.06. The largest absolute Gasteiger partial charge is 0.401 e. The van der Waals surface area contributed by atoms with Crippen LogP contribution >= 0.6 is 0 Å². The van der Waals surface area contributed by atoms with Crippen LogP contribution in [0.2, 0.25) is 0 Å². The normalized spacial score (nSPS) is 28.9. The third kappa shape index (κ3) is 3.77. The lowest BCUT2D eigenvalue weighted by Gasteiger charge is -2.23. The van der Waals surface area contributed by atoms with E-state index < -0.39 is 0 Å². The second-order valence-electron chi connectivity index (χ2n) is 5.28. The lowest BCUT2D eigenvalue weighted by Crippen LogP contribution is -2.30. The van der Waals surface area contributed by atoms with E-state index in [0.717, 1.165) is 29.7 Å². The minimum Gasteiger partial charge on any atom is -0.401 e. The van der Waals surface area contributed by atoms with Crippen LogP contribution in [0.25, 0.3) is 0 Å². The van der Waals surface area contributed by atoms with E-state index >= 15 is 0 Å². The smallest absolute Gasteiger partial charge is 0.0303 e. The molecular formula is C14H27N3. The van der Waals surface area contributed by atoms with Crippen molar-refractivity contribution in [1.82, 2.24) is 5.32 Å². The molecule has 1 aliphatic rings. The Hall–Kier alpha value is -0.960. The highest BCUT2D eigenvalue weighted by atomic mass is 14.9. The quantitative estimate of drug-likeness (QED) is 0.619. The third-order valence-electron chi connectivity index (χ3n) is 3.85. The number of hydrogen-bond acceptors (Lipinski definition) is 3. The molecule has 1 aliphatic carbocycles. The molecule has 5 N–H and O–H groups in total. The van der Waals surface area contributed by atoms with Crippen molar-refractivity contribution in [2.75, 3.05) is 7.05 Å². The molecule has 3 heteroatoms. The topological polar surface area (TPSA) is 64.1 Å². The van der Waals surface area contributed by atoms with Gasteiger partial charge >= 0.3 is 0 Å². The molecule has 1 rings (SSSR count). The molecule has 0 radical (unpaired) electrons. The molecule has 0 aromatic carbocycles. The molecule has 4 atom stereocenters. The van der Waals surface area contributed by atoms with Crippen LogP contribution in [0.15, 0.2) is 23.5 Å². The Morgan fingerprint density at radius 2 is 2.06 bits per heavy atom. The summed E-state index contributed by atoms with van der Waals surface area (Å²) in [5, 5.41) is 3.32.